The van der Waals surface area contributed by atoms with E-state index in [1.54, 1.807) is 0 Å². The van der Waals surface area contributed by atoms with Crippen LogP contribution in [0, 0.1) is 11.2 Å². The minimum Gasteiger partial charge on any atom is -0.399 e. The molecule has 1 aromatic carbocycles. The van der Waals surface area contributed by atoms with Crippen molar-refractivity contribution in [3.05, 3.63) is 24.0 Å². The molecule has 0 bridgehead atoms. The van der Waals surface area contributed by atoms with E-state index in [9.17, 15) is 9.18 Å². The molecule has 20 heavy (non-hydrogen) atoms. The van der Waals surface area contributed by atoms with Crippen LogP contribution in [0.5, 0.6) is 0 Å². The Balaban J connectivity index is 2.29. The van der Waals surface area contributed by atoms with Crippen molar-refractivity contribution in [1.29, 1.82) is 0 Å². The van der Waals surface area contributed by atoms with E-state index in [1.165, 1.54) is 18.2 Å². The van der Waals surface area contributed by atoms with Crippen molar-refractivity contribution in [2.45, 2.75) is 33.6 Å². The Morgan fingerprint density at radius 1 is 1.35 bits per heavy atom. The van der Waals surface area contributed by atoms with Crippen LogP contribution in [0.1, 0.15) is 33.6 Å². The summed E-state index contributed by atoms with van der Waals surface area (Å²) in [6.45, 7) is 7.33. The number of nitrogen functional groups attached to an aromatic ring is 1. The van der Waals surface area contributed by atoms with Gasteiger partial charge in [0.25, 0.3) is 0 Å². The standard InChI is InChI=1S/C15H23FN2O2/c1-15(2,3)7-9-20-8-6-14(19)18-13-10-11(17)4-5-12(13)16/h4-5,10H,6-9,17H2,1-3H3,(H,18,19). The minimum atomic E-state index is -0.499. The lowest BCUT2D eigenvalue weighted by atomic mass is 9.93. The molecule has 0 atom stereocenters. The molecule has 0 spiro atoms. The highest BCUT2D eigenvalue weighted by Gasteiger charge is 2.10. The normalized spacial score (nSPS) is 11.4. The zero-order chi connectivity index (χ0) is 15.2. The highest BCUT2D eigenvalue weighted by molar-refractivity contribution is 5.91. The Kier molecular flexibility index (Phi) is 5.95. The molecular formula is C15H23FN2O2. The molecule has 0 radical (unpaired) electrons. The van der Waals surface area contributed by atoms with Gasteiger partial charge in [0.15, 0.2) is 0 Å². The molecule has 1 rings (SSSR count). The molecule has 0 aliphatic carbocycles. The zero-order valence-corrected chi connectivity index (χ0v) is 12.3. The van der Waals surface area contributed by atoms with Crippen LogP contribution in [0.2, 0.25) is 0 Å². The minimum absolute atomic E-state index is 0.102. The van der Waals surface area contributed by atoms with Crippen molar-refractivity contribution in [2.75, 3.05) is 24.3 Å². The Morgan fingerprint density at radius 2 is 2.05 bits per heavy atom. The summed E-state index contributed by atoms with van der Waals surface area (Å²) in [6.07, 6.45) is 1.12. The lowest BCUT2D eigenvalue weighted by Gasteiger charge is -2.17. The number of rotatable bonds is 6. The number of amides is 1. The summed E-state index contributed by atoms with van der Waals surface area (Å²) < 4.78 is 18.8. The molecule has 0 heterocycles. The van der Waals surface area contributed by atoms with E-state index >= 15 is 0 Å². The number of ether oxygens (including phenoxy) is 1. The van der Waals surface area contributed by atoms with Gasteiger partial charge >= 0.3 is 0 Å². The molecule has 0 aliphatic heterocycles. The molecule has 0 aliphatic rings. The van der Waals surface area contributed by atoms with Crippen LogP contribution in [0.25, 0.3) is 0 Å². The van der Waals surface area contributed by atoms with Crippen molar-refractivity contribution in [1.82, 2.24) is 0 Å². The number of hydrogen-bond donors (Lipinski definition) is 2. The zero-order valence-electron chi connectivity index (χ0n) is 12.3. The van der Waals surface area contributed by atoms with Gasteiger partial charge in [0, 0.05) is 12.3 Å². The number of anilines is 2. The van der Waals surface area contributed by atoms with E-state index in [4.69, 9.17) is 10.5 Å². The second kappa shape index (κ2) is 7.24. The fourth-order valence-corrected chi connectivity index (χ4v) is 1.50. The lowest BCUT2D eigenvalue weighted by molar-refractivity contribution is -0.117. The molecular weight excluding hydrogens is 259 g/mol. The number of hydrogen-bond acceptors (Lipinski definition) is 3. The van der Waals surface area contributed by atoms with Gasteiger partial charge in [0.2, 0.25) is 5.91 Å². The van der Waals surface area contributed by atoms with E-state index in [0.29, 0.717) is 18.9 Å². The maximum atomic E-state index is 13.4. The molecule has 112 valence electrons. The topological polar surface area (TPSA) is 64.3 Å². The Morgan fingerprint density at radius 3 is 2.70 bits per heavy atom. The first-order valence-corrected chi connectivity index (χ1v) is 6.70. The average molecular weight is 282 g/mol. The smallest absolute Gasteiger partial charge is 0.226 e. The summed E-state index contributed by atoms with van der Waals surface area (Å²) in [7, 11) is 0. The number of carbonyl (C=O) groups is 1. The van der Waals surface area contributed by atoms with Gasteiger partial charge < -0.3 is 15.8 Å². The first kappa shape index (κ1) is 16.4. The first-order chi connectivity index (χ1) is 9.28. The molecule has 0 aromatic heterocycles. The molecule has 0 saturated carbocycles. The number of nitrogens with one attached hydrogen (secondary N) is 1. The van der Waals surface area contributed by atoms with E-state index in [1.807, 2.05) is 0 Å². The highest BCUT2D eigenvalue weighted by Crippen LogP contribution is 2.18. The molecule has 0 saturated heterocycles. The second-order valence-electron chi connectivity index (χ2n) is 5.96. The Hall–Kier alpha value is -1.62. The van der Waals surface area contributed by atoms with Crippen LogP contribution >= 0.6 is 0 Å². The van der Waals surface area contributed by atoms with Crippen LogP contribution in [0.3, 0.4) is 0 Å². The van der Waals surface area contributed by atoms with Gasteiger partial charge in [-0.25, -0.2) is 4.39 Å². The molecule has 0 fully saturated rings. The molecule has 0 unspecified atom stereocenters. The molecule has 4 nitrogen and oxygen atoms in total. The van der Waals surface area contributed by atoms with E-state index in [-0.39, 0.29) is 23.4 Å². The van der Waals surface area contributed by atoms with Crippen LogP contribution in [-0.4, -0.2) is 19.1 Å². The maximum absolute atomic E-state index is 13.4. The van der Waals surface area contributed by atoms with Gasteiger partial charge in [0.1, 0.15) is 5.82 Å². The predicted molar refractivity (Wildman–Crippen MR) is 79.0 cm³/mol. The number of carbonyl (C=O) groups excluding carboxylic acids is 1. The molecule has 3 N–H and O–H groups in total. The van der Waals surface area contributed by atoms with Gasteiger partial charge in [-0.15, -0.1) is 0 Å². The fourth-order valence-electron chi connectivity index (χ4n) is 1.50. The average Bonchev–Trinajstić information content (AvgIpc) is 2.32. The van der Waals surface area contributed by atoms with Gasteiger partial charge in [-0.1, -0.05) is 20.8 Å². The van der Waals surface area contributed by atoms with E-state index < -0.39 is 5.82 Å². The van der Waals surface area contributed by atoms with E-state index in [2.05, 4.69) is 26.1 Å². The number of nitrogens with two attached hydrogens (primary N) is 1. The molecule has 5 heteroatoms. The van der Waals surface area contributed by atoms with Crippen molar-refractivity contribution in [2.24, 2.45) is 5.41 Å². The van der Waals surface area contributed by atoms with Crippen molar-refractivity contribution >= 4 is 17.3 Å². The first-order valence-electron chi connectivity index (χ1n) is 6.70. The van der Waals surface area contributed by atoms with Crippen molar-refractivity contribution in [3.63, 3.8) is 0 Å². The summed E-state index contributed by atoms with van der Waals surface area (Å²) in [5.41, 5.74) is 6.26. The summed E-state index contributed by atoms with van der Waals surface area (Å²) in [5.74, 6) is -0.786. The number of halogens is 1. The molecule has 1 amide bonds. The third-order valence-electron chi connectivity index (χ3n) is 2.73. The van der Waals surface area contributed by atoms with Crippen LogP contribution in [-0.2, 0) is 9.53 Å². The quantitative estimate of drug-likeness (QED) is 0.622. The summed E-state index contributed by atoms with van der Waals surface area (Å²) in [5, 5.41) is 2.48. The van der Waals surface area contributed by atoms with E-state index in [0.717, 1.165) is 6.42 Å². The summed E-state index contributed by atoms with van der Waals surface area (Å²) in [6, 6.07) is 4.07. The maximum Gasteiger partial charge on any atom is 0.226 e. The van der Waals surface area contributed by atoms with Crippen LogP contribution in [0.15, 0.2) is 18.2 Å². The summed E-state index contributed by atoms with van der Waals surface area (Å²) in [4.78, 5) is 11.6. The molecule has 1 aromatic rings. The van der Waals surface area contributed by atoms with Crippen molar-refractivity contribution < 1.29 is 13.9 Å². The van der Waals surface area contributed by atoms with Gasteiger partial charge in [-0.3, -0.25) is 4.79 Å². The second-order valence-corrected chi connectivity index (χ2v) is 5.96. The number of benzene rings is 1. The summed E-state index contributed by atoms with van der Waals surface area (Å²) >= 11 is 0. The van der Waals surface area contributed by atoms with Crippen LogP contribution < -0.4 is 11.1 Å². The van der Waals surface area contributed by atoms with Gasteiger partial charge in [0.05, 0.1) is 18.7 Å². The van der Waals surface area contributed by atoms with Crippen molar-refractivity contribution in [3.8, 4) is 0 Å². The van der Waals surface area contributed by atoms with Gasteiger partial charge in [-0.05, 0) is 30.0 Å². The predicted octanol–water partition coefficient (Wildman–Crippen LogP) is 3.19. The van der Waals surface area contributed by atoms with Crippen LogP contribution in [0.4, 0.5) is 15.8 Å². The highest BCUT2D eigenvalue weighted by atomic mass is 19.1. The largest absolute Gasteiger partial charge is 0.399 e. The Labute approximate surface area is 119 Å². The Bertz CT molecular complexity index is 456. The third kappa shape index (κ3) is 6.52. The van der Waals surface area contributed by atoms with Gasteiger partial charge in [-0.2, -0.15) is 0 Å². The monoisotopic (exact) mass is 282 g/mol. The lowest BCUT2D eigenvalue weighted by Crippen LogP contribution is -2.16. The SMILES string of the molecule is CC(C)(C)CCOCCC(=O)Nc1cc(N)ccc1F. The third-order valence-corrected chi connectivity index (χ3v) is 2.73. The fraction of sp³-hybridized carbons (Fsp3) is 0.533.